The molecule has 2 nitrogen and oxygen atoms in total. The van der Waals surface area contributed by atoms with Crippen LogP contribution in [0.2, 0.25) is 5.02 Å². The number of aliphatic hydroxyl groups is 1. The number of halogens is 1. The van der Waals surface area contributed by atoms with Crippen LogP contribution in [0.3, 0.4) is 0 Å². The predicted octanol–water partition coefficient (Wildman–Crippen LogP) is 3.22. The summed E-state index contributed by atoms with van der Waals surface area (Å²) < 4.78 is 0. The van der Waals surface area contributed by atoms with Crippen molar-refractivity contribution in [1.29, 1.82) is 0 Å². The molecule has 0 aliphatic rings. The maximum Gasteiger partial charge on any atom is 0.0626 e. The summed E-state index contributed by atoms with van der Waals surface area (Å²) in [5, 5.41) is 15.4. The van der Waals surface area contributed by atoms with Crippen LogP contribution >= 0.6 is 22.9 Å². The van der Waals surface area contributed by atoms with Gasteiger partial charge in [-0.1, -0.05) is 41.9 Å². The normalized spacial score (nSPS) is 12.6. The molecule has 2 aromatic rings. The average molecular weight is 268 g/mol. The van der Waals surface area contributed by atoms with E-state index in [1.165, 1.54) is 4.88 Å². The number of benzene rings is 1. The molecule has 1 aromatic heterocycles. The molecule has 0 amide bonds. The zero-order valence-electron chi connectivity index (χ0n) is 9.27. The molecule has 4 heteroatoms. The predicted molar refractivity (Wildman–Crippen MR) is 72.4 cm³/mol. The van der Waals surface area contributed by atoms with Crippen molar-refractivity contribution in [3.63, 3.8) is 0 Å². The first-order chi connectivity index (χ1) is 8.29. The van der Waals surface area contributed by atoms with Crippen molar-refractivity contribution in [3.05, 3.63) is 57.2 Å². The van der Waals surface area contributed by atoms with Crippen LogP contribution in [-0.4, -0.2) is 11.7 Å². The van der Waals surface area contributed by atoms with Gasteiger partial charge in [0.05, 0.1) is 17.7 Å². The minimum atomic E-state index is -0.0305. The van der Waals surface area contributed by atoms with E-state index in [2.05, 4.69) is 5.32 Å². The highest BCUT2D eigenvalue weighted by Gasteiger charge is 2.09. The molecule has 0 spiro atoms. The Labute approximate surface area is 110 Å². The van der Waals surface area contributed by atoms with E-state index in [9.17, 15) is 5.11 Å². The van der Waals surface area contributed by atoms with Crippen molar-refractivity contribution in [2.75, 3.05) is 6.61 Å². The summed E-state index contributed by atoms with van der Waals surface area (Å²) in [4.78, 5) is 1.17. The van der Waals surface area contributed by atoms with Gasteiger partial charge in [0.25, 0.3) is 0 Å². The van der Waals surface area contributed by atoms with Crippen molar-refractivity contribution in [1.82, 2.24) is 5.32 Å². The largest absolute Gasteiger partial charge is 0.394 e. The SMILES string of the molecule is OC[C@H](NCc1cc(Cl)cs1)c1ccccc1. The van der Waals surface area contributed by atoms with Crippen LogP contribution in [0, 0.1) is 0 Å². The Bertz CT molecular complexity index is 457. The summed E-state index contributed by atoms with van der Waals surface area (Å²) in [5.41, 5.74) is 1.10. The van der Waals surface area contributed by atoms with Crippen LogP contribution in [0.4, 0.5) is 0 Å². The second-order valence-electron chi connectivity index (χ2n) is 3.76. The maximum atomic E-state index is 9.38. The fraction of sp³-hybridized carbons (Fsp3) is 0.231. The standard InChI is InChI=1S/C13H14ClNOS/c14-11-6-12(17-9-11)7-15-13(8-16)10-4-2-1-3-5-10/h1-6,9,13,15-16H,7-8H2/t13-/m0/s1. The van der Waals surface area contributed by atoms with Gasteiger partial charge in [0.15, 0.2) is 0 Å². The minimum absolute atomic E-state index is 0.0305. The van der Waals surface area contributed by atoms with E-state index in [0.717, 1.165) is 17.1 Å². The van der Waals surface area contributed by atoms with Gasteiger partial charge in [0.1, 0.15) is 0 Å². The van der Waals surface area contributed by atoms with E-state index in [4.69, 9.17) is 11.6 Å². The summed E-state index contributed by atoms with van der Waals surface area (Å²) in [6.07, 6.45) is 0. The zero-order chi connectivity index (χ0) is 12.1. The fourth-order valence-electron chi connectivity index (χ4n) is 1.64. The Kier molecular flexibility index (Phi) is 4.57. The third-order valence-electron chi connectivity index (χ3n) is 2.53. The van der Waals surface area contributed by atoms with Crippen molar-refractivity contribution in [2.45, 2.75) is 12.6 Å². The van der Waals surface area contributed by atoms with Crippen molar-refractivity contribution >= 4 is 22.9 Å². The first-order valence-electron chi connectivity index (χ1n) is 5.41. The number of aliphatic hydroxyl groups excluding tert-OH is 1. The molecule has 0 radical (unpaired) electrons. The molecule has 0 aliphatic heterocycles. The molecule has 1 heterocycles. The lowest BCUT2D eigenvalue weighted by Crippen LogP contribution is -2.23. The highest BCUT2D eigenvalue weighted by atomic mass is 35.5. The van der Waals surface area contributed by atoms with Crippen LogP contribution in [0.5, 0.6) is 0 Å². The van der Waals surface area contributed by atoms with Crippen molar-refractivity contribution in [3.8, 4) is 0 Å². The highest BCUT2D eigenvalue weighted by Crippen LogP contribution is 2.20. The molecular weight excluding hydrogens is 254 g/mol. The lowest BCUT2D eigenvalue weighted by molar-refractivity contribution is 0.244. The maximum absolute atomic E-state index is 9.38. The monoisotopic (exact) mass is 267 g/mol. The summed E-state index contributed by atoms with van der Waals surface area (Å²) in [5.74, 6) is 0. The molecule has 0 aliphatic carbocycles. The average Bonchev–Trinajstić information content (AvgIpc) is 2.77. The van der Waals surface area contributed by atoms with Gasteiger partial charge in [-0.3, -0.25) is 0 Å². The first-order valence-corrected chi connectivity index (χ1v) is 6.67. The van der Waals surface area contributed by atoms with Crippen LogP contribution in [0.25, 0.3) is 0 Å². The van der Waals surface area contributed by atoms with E-state index < -0.39 is 0 Å². The van der Waals surface area contributed by atoms with Crippen LogP contribution in [-0.2, 0) is 6.54 Å². The first kappa shape index (κ1) is 12.6. The molecule has 1 atom stereocenters. The molecular formula is C13H14ClNOS. The molecule has 2 rings (SSSR count). The summed E-state index contributed by atoms with van der Waals surface area (Å²) in [6, 6.07) is 11.8. The quantitative estimate of drug-likeness (QED) is 0.872. The second-order valence-corrected chi connectivity index (χ2v) is 5.19. The smallest absolute Gasteiger partial charge is 0.0626 e. The molecule has 0 unspecified atom stereocenters. The van der Waals surface area contributed by atoms with E-state index in [1.807, 2.05) is 41.8 Å². The Hall–Kier alpha value is -0.870. The highest BCUT2D eigenvalue weighted by molar-refractivity contribution is 7.10. The molecule has 0 saturated carbocycles. The molecule has 0 bridgehead atoms. The van der Waals surface area contributed by atoms with E-state index in [1.54, 1.807) is 11.3 Å². The molecule has 2 N–H and O–H groups in total. The Morgan fingerprint density at radius 1 is 1.29 bits per heavy atom. The molecule has 1 aromatic carbocycles. The van der Waals surface area contributed by atoms with Crippen molar-refractivity contribution < 1.29 is 5.11 Å². The Morgan fingerprint density at radius 3 is 2.65 bits per heavy atom. The summed E-state index contributed by atoms with van der Waals surface area (Å²) >= 11 is 7.48. The van der Waals surface area contributed by atoms with Crippen molar-refractivity contribution in [2.24, 2.45) is 0 Å². The summed E-state index contributed by atoms with van der Waals surface area (Å²) in [7, 11) is 0. The summed E-state index contributed by atoms with van der Waals surface area (Å²) in [6.45, 7) is 0.806. The van der Waals surface area contributed by atoms with E-state index >= 15 is 0 Å². The molecule has 90 valence electrons. The number of hydrogen-bond donors (Lipinski definition) is 2. The molecule has 0 fully saturated rings. The molecule has 17 heavy (non-hydrogen) atoms. The van der Waals surface area contributed by atoms with Crippen LogP contribution in [0.15, 0.2) is 41.8 Å². The third-order valence-corrected chi connectivity index (χ3v) is 3.81. The number of hydrogen-bond acceptors (Lipinski definition) is 3. The van der Waals surface area contributed by atoms with Gasteiger partial charge < -0.3 is 10.4 Å². The van der Waals surface area contributed by atoms with Gasteiger partial charge in [-0.05, 0) is 11.6 Å². The Morgan fingerprint density at radius 2 is 2.06 bits per heavy atom. The number of nitrogens with one attached hydrogen (secondary N) is 1. The van der Waals surface area contributed by atoms with Gasteiger partial charge in [0, 0.05) is 16.8 Å². The van der Waals surface area contributed by atoms with Gasteiger partial charge in [-0.25, -0.2) is 0 Å². The Balaban J connectivity index is 1.97. The number of thiophene rings is 1. The lowest BCUT2D eigenvalue weighted by Gasteiger charge is -2.15. The topological polar surface area (TPSA) is 32.3 Å². The lowest BCUT2D eigenvalue weighted by atomic mass is 10.1. The zero-order valence-corrected chi connectivity index (χ0v) is 10.8. The van der Waals surface area contributed by atoms with E-state index in [0.29, 0.717) is 0 Å². The fourth-order valence-corrected chi connectivity index (χ4v) is 2.67. The van der Waals surface area contributed by atoms with Crippen LogP contribution in [0.1, 0.15) is 16.5 Å². The second kappa shape index (κ2) is 6.17. The van der Waals surface area contributed by atoms with Gasteiger partial charge in [-0.2, -0.15) is 0 Å². The number of rotatable bonds is 5. The minimum Gasteiger partial charge on any atom is -0.394 e. The van der Waals surface area contributed by atoms with Gasteiger partial charge in [-0.15, -0.1) is 11.3 Å². The van der Waals surface area contributed by atoms with E-state index in [-0.39, 0.29) is 12.6 Å². The van der Waals surface area contributed by atoms with Gasteiger partial charge in [0.2, 0.25) is 0 Å². The van der Waals surface area contributed by atoms with Gasteiger partial charge >= 0.3 is 0 Å². The third kappa shape index (κ3) is 3.54. The van der Waals surface area contributed by atoms with Crippen LogP contribution < -0.4 is 5.32 Å². The molecule has 0 saturated heterocycles.